The molecule has 0 saturated heterocycles. The van der Waals surface area contributed by atoms with E-state index in [2.05, 4.69) is 10.3 Å². The first-order chi connectivity index (χ1) is 16.0. The molecule has 4 aromatic rings. The van der Waals surface area contributed by atoms with Crippen molar-refractivity contribution in [3.8, 4) is 28.5 Å². The van der Waals surface area contributed by atoms with Gasteiger partial charge in [0.1, 0.15) is 11.4 Å². The molecule has 1 unspecified atom stereocenters. The molecule has 0 spiro atoms. The minimum atomic E-state index is -0.593. The first-order valence-corrected chi connectivity index (χ1v) is 11.3. The normalized spacial score (nSPS) is 11.8. The number of halogens is 2. The number of carbonyl (C=O) groups is 1. The number of amides is 1. The zero-order valence-corrected chi connectivity index (χ0v) is 19.4. The van der Waals surface area contributed by atoms with Crippen molar-refractivity contribution < 1.29 is 14.3 Å². The van der Waals surface area contributed by atoms with Crippen LogP contribution >= 0.6 is 23.2 Å². The first-order valence-electron chi connectivity index (χ1n) is 10.6. The molecule has 0 aliphatic heterocycles. The third-order valence-corrected chi connectivity index (χ3v) is 5.71. The van der Waals surface area contributed by atoms with Crippen LogP contribution in [0.25, 0.3) is 22.7 Å². The van der Waals surface area contributed by atoms with E-state index in [9.17, 15) is 9.90 Å². The number of nitrogens with zero attached hydrogens (tertiary/aromatic N) is 1. The summed E-state index contributed by atoms with van der Waals surface area (Å²) in [5, 5.41) is 14.2. The molecule has 1 amide bonds. The lowest BCUT2D eigenvalue weighted by Gasteiger charge is -2.17. The summed E-state index contributed by atoms with van der Waals surface area (Å²) in [7, 11) is 0. The molecule has 0 fully saturated rings. The quantitative estimate of drug-likeness (QED) is 0.286. The molecule has 168 valence electrons. The standard InChI is InChI=1S/C26H22Cl2N2O3/c1-2-7-21(20-13-12-19(28)15-22(20)31)24(32)30-26-23(17-10-6-11-18(27)14-17)29-25(33-26)16-8-4-3-5-9-16/h3-6,8-15,21,31H,2,7H2,1H3,(H,30,32). The van der Waals surface area contributed by atoms with E-state index in [1.807, 2.05) is 49.4 Å². The van der Waals surface area contributed by atoms with Crippen LogP contribution in [-0.2, 0) is 4.79 Å². The number of hydrogen-bond donors (Lipinski definition) is 2. The van der Waals surface area contributed by atoms with Crippen LogP contribution in [0.5, 0.6) is 5.75 Å². The van der Waals surface area contributed by atoms with E-state index in [4.69, 9.17) is 27.6 Å². The molecule has 1 aromatic heterocycles. The van der Waals surface area contributed by atoms with Gasteiger partial charge in [0.15, 0.2) is 0 Å². The van der Waals surface area contributed by atoms with Gasteiger partial charge in [0.05, 0.1) is 5.92 Å². The molecule has 3 aromatic carbocycles. The van der Waals surface area contributed by atoms with Gasteiger partial charge in [0.2, 0.25) is 17.7 Å². The van der Waals surface area contributed by atoms with Crippen molar-refractivity contribution in [2.45, 2.75) is 25.7 Å². The second kappa shape index (κ2) is 10.1. The zero-order chi connectivity index (χ0) is 23.4. The number of phenolic OH excluding ortho intramolecular Hbond substituents is 1. The van der Waals surface area contributed by atoms with Gasteiger partial charge in [-0.1, -0.05) is 72.9 Å². The third-order valence-electron chi connectivity index (χ3n) is 5.24. The molecule has 0 aliphatic carbocycles. The lowest BCUT2D eigenvalue weighted by molar-refractivity contribution is -0.117. The van der Waals surface area contributed by atoms with Gasteiger partial charge in [0, 0.05) is 26.7 Å². The van der Waals surface area contributed by atoms with Crippen molar-refractivity contribution >= 4 is 35.0 Å². The van der Waals surface area contributed by atoms with Crippen molar-refractivity contribution in [2.75, 3.05) is 5.32 Å². The molecule has 2 N–H and O–H groups in total. The molecule has 1 heterocycles. The number of phenols is 1. The minimum absolute atomic E-state index is 0.0197. The highest BCUT2D eigenvalue weighted by atomic mass is 35.5. The Bertz CT molecular complexity index is 1270. The van der Waals surface area contributed by atoms with E-state index in [0.717, 1.165) is 12.0 Å². The van der Waals surface area contributed by atoms with Crippen LogP contribution in [0.4, 0.5) is 5.88 Å². The summed E-state index contributed by atoms with van der Waals surface area (Å²) in [5.41, 5.74) is 2.47. The third kappa shape index (κ3) is 5.21. The topological polar surface area (TPSA) is 75.4 Å². The van der Waals surface area contributed by atoms with Gasteiger partial charge in [-0.3, -0.25) is 10.1 Å². The number of benzene rings is 3. The number of rotatable bonds is 7. The number of nitrogens with one attached hydrogen (secondary N) is 1. The molecule has 33 heavy (non-hydrogen) atoms. The minimum Gasteiger partial charge on any atom is -0.508 e. The van der Waals surface area contributed by atoms with Gasteiger partial charge in [0.25, 0.3) is 0 Å². The van der Waals surface area contributed by atoms with Crippen LogP contribution in [0.3, 0.4) is 0 Å². The Morgan fingerprint density at radius 1 is 1.00 bits per heavy atom. The second-order valence-electron chi connectivity index (χ2n) is 7.61. The maximum absolute atomic E-state index is 13.4. The predicted molar refractivity (Wildman–Crippen MR) is 132 cm³/mol. The fraction of sp³-hybridized carbons (Fsp3) is 0.154. The van der Waals surface area contributed by atoms with E-state index in [0.29, 0.717) is 39.2 Å². The largest absolute Gasteiger partial charge is 0.508 e. The molecule has 0 aliphatic rings. The molecule has 0 saturated carbocycles. The summed E-state index contributed by atoms with van der Waals surface area (Å²) >= 11 is 12.2. The van der Waals surface area contributed by atoms with Crippen LogP contribution in [0.15, 0.2) is 77.2 Å². The van der Waals surface area contributed by atoms with Crippen LogP contribution in [0, 0.1) is 0 Å². The van der Waals surface area contributed by atoms with Crippen LogP contribution in [0.2, 0.25) is 10.0 Å². The Labute approximate surface area is 202 Å². The molecule has 7 heteroatoms. The van der Waals surface area contributed by atoms with Crippen LogP contribution in [0.1, 0.15) is 31.2 Å². The van der Waals surface area contributed by atoms with Gasteiger partial charge in [-0.15, -0.1) is 0 Å². The lowest BCUT2D eigenvalue weighted by atomic mass is 9.92. The highest BCUT2D eigenvalue weighted by Gasteiger charge is 2.26. The number of aromatic nitrogens is 1. The Kier molecular flexibility index (Phi) is 7.02. The summed E-state index contributed by atoms with van der Waals surface area (Å²) in [6.45, 7) is 1.98. The maximum Gasteiger partial charge on any atom is 0.234 e. The van der Waals surface area contributed by atoms with Gasteiger partial charge >= 0.3 is 0 Å². The van der Waals surface area contributed by atoms with Gasteiger partial charge in [-0.25, -0.2) is 4.98 Å². The summed E-state index contributed by atoms with van der Waals surface area (Å²) in [6.07, 6.45) is 1.28. The van der Waals surface area contributed by atoms with Crippen molar-refractivity contribution in [2.24, 2.45) is 0 Å². The monoisotopic (exact) mass is 480 g/mol. The van der Waals surface area contributed by atoms with Crippen LogP contribution in [-0.4, -0.2) is 16.0 Å². The Morgan fingerprint density at radius 3 is 2.42 bits per heavy atom. The van der Waals surface area contributed by atoms with Crippen molar-refractivity contribution in [1.82, 2.24) is 4.98 Å². The molecule has 5 nitrogen and oxygen atoms in total. The predicted octanol–water partition coefficient (Wildman–Crippen LogP) is 7.54. The van der Waals surface area contributed by atoms with E-state index < -0.39 is 5.92 Å². The van der Waals surface area contributed by atoms with E-state index in [1.54, 1.807) is 24.3 Å². The molecule has 4 rings (SSSR count). The summed E-state index contributed by atoms with van der Waals surface area (Å²) < 4.78 is 6.01. The average molecular weight is 481 g/mol. The molecular formula is C26H22Cl2N2O3. The highest BCUT2D eigenvalue weighted by molar-refractivity contribution is 6.31. The second-order valence-corrected chi connectivity index (χ2v) is 8.48. The number of carbonyl (C=O) groups excluding carboxylic acids is 1. The Balaban J connectivity index is 1.73. The SMILES string of the molecule is CCCC(C(=O)Nc1oc(-c2ccccc2)nc1-c1cccc(Cl)c1)c1ccc(Cl)cc1O. The highest BCUT2D eigenvalue weighted by Crippen LogP contribution is 2.36. The molecule has 0 bridgehead atoms. The van der Waals surface area contributed by atoms with Crippen molar-refractivity contribution in [3.05, 3.63) is 88.4 Å². The molecule has 0 radical (unpaired) electrons. The molecular weight excluding hydrogens is 459 g/mol. The summed E-state index contributed by atoms with van der Waals surface area (Å²) in [4.78, 5) is 18.0. The van der Waals surface area contributed by atoms with Gasteiger partial charge in [-0.05, 0) is 42.8 Å². The Hall–Kier alpha value is -3.28. The van der Waals surface area contributed by atoms with E-state index in [-0.39, 0.29) is 17.5 Å². The zero-order valence-electron chi connectivity index (χ0n) is 17.9. The van der Waals surface area contributed by atoms with Gasteiger partial charge in [-0.2, -0.15) is 0 Å². The first kappa shape index (κ1) is 22.9. The lowest BCUT2D eigenvalue weighted by Crippen LogP contribution is -2.21. The number of hydrogen-bond acceptors (Lipinski definition) is 4. The number of aromatic hydroxyl groups is 1. The van der Waals surface area contributed by atoms with Crippen LogP contribution < -0.4 is 5.32 Å². The fourth-order valence-electron chi connectivity index (χ4n) is 3.67. The smallest absolute Gasteiger partial charge is 0.234 e. The van der Waals surface area contributed by atoms with Crippen molar-refractivity contribution in [1.29, 1.82) is 0 Å². The van der Waals surface area contributed by atoms with E-state index in [1.165, 1.54) is 6.07 Å². The average Bonchev–Trinajstić information content (AvgIpc) is 3.22. The van der Waals surface area contributed by atoms with Crippen molar-refractivity contribution in [3.63, 3.8) is 0 Å². The number of oxazole rings is 1. The summed E-state index contributed by atoms with van der Waals surface area (Å²) in [6, 6.07) is 21.4. The molecule has 1 atom stereocenters. The fourth-order valence-corrected chi connectivity index (χ4v) is 4.02. The number of anilines is 1. The maximum atomic E-state index is 13.4. The van der Waals surface area contributed by atoms with E-state index >= 15 is 0 Å². The Morgan fingerprint density at radius 2 is 1.73 bits per heavy atom. The van der Waals surface area contributed by atoms with Gasteiger partial charge < -0.3 is 9.52 Å². The summed E-state index contributed by atoms with van der Waals surface area (Å²) in [5.74, 6) is -0.329.